The van der Waals surface area contributed by atoms with E-state index in [0.717, 1.165) is 32.1 Å². The second-order valence-corrected chi connectivity index (χ2v) is 2.40. The molecule has 0 amide bonds. The third-order valence-electron chi connectivity index (χ3n) is 1.35. The number of carbonyl (C=O) groups excluding carboxylic acids is 1. The van der Waals surface area contributed by atoms with Gasteiger partial charge in [-0.25, -0.2) is 0 Å². The molecule has 0 aromatic carbocycles. The van der Waals surface area contributed by atoms with E-state index in [-0.39, 0.29) is 5.92 Å². The summed E-state index contributed by atoms with van der Waals surface area (Å²) < 4.78 is 0. The Hall–Kier alpha value is -0.370. The molecule has 1 atom stereocenters. The summed E-state index contributed by atoms with van der Waals surface area (Å²) in [7, 11) is 0. The molecule has 0 saturated carbocycles. The van der Waals surface area contributed by atoms with Crippen molar-refractivity contribution >= 4 is 6.29 Å². The molecule has 2 N–H and O–H groups in total. The van der Waals surface area contributed by atoms with Gasteiger partial charge in [-0.1, -0.05) is 13.3 Å². The summed E-state index contributed by atoms with van der Waals surface area (Å²) in [6.45, 7) is 2.68. The molecule has 2 heteroatoms. The van der Waals surface area contributed by atoms with Crippen LogP contribution in [0.1, 0.15) is 26.2 Å². The number of rotatable bonds is 5. The lowest BCUT2D eigenvalue weighted by Gasteiger charge is -1.99. The average molecular weight is 129 g/mol. The fraction of sp³-hybridized carbons (Fsp3) is 0.857. The molecular formula is C7H15NO. The Bertz CT molecular complexity index is 73.3. The zero-order valence-corrected chi connectivity index (χ0v) is 5.97. The van der Waals surface area contributed by atoms with E-state index in [4.69, 9.17) is 5.73 Å². The summed E-state index contributed by atoms with van der Waals surface area (Å²) in [5.41, 5.74) is 5.27. The molecule has 0 saturated heterocycles. The van der Waals surface area contributed by atoms with Gasteiger partial charge in [0.05, 0.1) is 0 Å². The summed E-state index contributed by atoms with van der Waals surface area (Å²) in [5, 5.41) is 0. The monoisotopic (exact) mass is 129 g/mol. The van der Waals surface area contributed by atoms with Crippen molar-refractivity contribution in [2.24, 2.45) is 11.7 Å². The summed E-state index contributed by atoms with van der Waals surface area (Å²) in [6.07, 6.45) is 4.10. The zero-order chi connectivity index (χ0) is 7.11. The van der Waals surface area contributed by atoms with E-state index in [1.807, 2.05) is 6.92 Å². The Balaban J connectivity index is 2.96. The lowest BCUT2D eigenvalue weighted by molar-refractivity contribution is -0.110. The molecule has 9 heavy (non-hydrogen) atoms. The summed E-state index contributed by atoms with van der Waals surface area (Å²) >= 11 is 0. The van der Waals surface area contributed by atoms with Crippen LogP contribution in [0, 0.1) is 5.92 Å². The van der Waals surface area contributed by atoms with Gasteiger partial charge >= 0.3 is 0 Å². The summed E-state index contributed by atoms with van der Waals surface area (Å²) in [6, 6.07) is 0. The zero-order valence-electron chi connectivity index (χ0n) is 5.97. The number of hydrogen-bond acceptors (Lipinski definition) is 2. The maximum atomic E-state index is 10.1. The number of aldehydes is 1. The normalized spacial score (nSPS) is 13.1. The molecule has 0 aromatic rings. The molecule has 0 unspecified atom stereocenters. The SMILES string of the molecule is C[C@H](C=O)CCCCN. The molecule has 0 aromatic heterocycles. The van der Waals surface area contributed by atoms with Gasteiger partial charge in [0.1, 0.15) is 6.29 Å². The minimum absolute atomic E-state index is 0.219. The summed E-state index contributed by atoms with van der Waals surface area (Å²) in [4.78, 5) is 10.1. The highest BCUT2D eigenvalue weighted by Gasteiger charge is 1.96. The Morgan fingerprint density at radius 2 is 2.22 bits per heavy atom. The minimum atomic E-state index is 0.219. The topological polar surface area (TPSA) is 43.1 Å². The molecule has 54 valence electrons. The molecule has 0 heterocycles. The first-order chi connectivity index (χ1) is 4.31. The molecule has 0 radical (unpaired) electrons. The standard InChI is InChI=1S/C7H15NO/c1-7(6-9)4-2-3-5-8/h6-7H,2-5,8H2,1H3/t7-/m0/s1. The lowest BCUT2D eigenvalue weighted by Crippen LogP contribution is -2.01. The molecule has 0 fully saturated rings. The van der Waals surface area contributed by atoms with Crippen LogP contribution in [0.5, 0.6) is 0 Å². The van der Waals surface area contributed by atoms with Crippen molar-refractivity contribution < 1.29 is 4.79 Å². The van der Waals surface area contributed by atoms with Crippen LogP contribution < -0.4 is 5.73 Å². The first-order valence-corrected chi connectivity index (χ1v) is 3.46. The van der Waals surface area contributed by atoms with E-state index >= 15 is 0 Å². The van der Waals surface area contributed by atoms with Gasteiger partial charge in [-0.15, -0.1) is 0 Å². The van der Waals surface area contributed by atoms with Gasteiger partial charge in [0, 0.05) is 5.92 Å². The maximum Gasteiger partial charge on any atom is 0.122 e. The predicted molar refractivity (Wildman–Crippen MR) is 38.1 cm³/mol. The summed E-state index contributed by atoms with van der Waals surface area (Å²) in [5.74, 6) is 0.219. The van der Waals surface area contributed by atoms with Gasteiger partial charge in [-0.2, -0.15) is 0 Å². The second-order valence-electron chi connectivity index (χ2n) is 2.40. The Kier molecular flexibility index (Phi) is 5.52. The van der Waals surface area contributed by atoms with Crippen molar-refractivity contribution in [3.05, 3.63) is 0 Å². The minimum Gasteiger partial charge on any atom is -0.330 e. The van der Waals surface area contributed by atoms with E-state index in [0.29, 0.717) is 0 Å². The van der Waals surface area contributed by atoms with Crippen LogP contribution in [0.25, 0.3) is 0 Å². The quantitative estimate of drug-likeness (QED) is 0.443. The molecule has 0 bridgehead atoms. The third kappa shape index (κ3) is 5.50. The van der Waals surface area contributed by atoms with Crippen LogP contribution >= 0.6 is 0 Å². The maximum absolute atomic E-state index is 10.1. The van der Waals surface area contributed by atoms with Crippen molar-refractivity contribution in [1.82, 2.24) is 0 Å². The van der Waals surface area contributed by atoms with Gasteiger partial charge in [-0.05, 0) is 19.4 Å². The van der Waals surface area contributed by atoms with Crippen molar-refractivity contribution in [2.45, 2.75) is 26.2 Å². The highest BCUT2D eigenvalue weighted by Crippen LogP contribution is 2.02. The smallest absolute Gasteiger partial charge is 0.122 e. The highest BCUT2D eigenvalue weighted by atomic mass is 16.1. The average Bonchev–Trinajstić information content (AvgIpc) is 1.89. The largest absolute Gasteiger partial charge is 0.330 e. The van der Waals surface area contributed by atoms with Gasteiger partial charge in [0.2, 0.25) is 0 Å². The molecule has 0 rings (SSSR count). The highest BCUT2D eigenvalue weighted by molar-refractivity contribution is 5.52. The van der Waals surface area contributed by atoms with Gasteiger partial charge in [0.15, 0.2) is 0 Å². The van der Waals surface area contributed by atoms with E-state index in [2.05, 4.69) is 0 Å². The molecule has 0 aliphatic rings. The van der Waals surface area contributed by atoms with E-state index in [1.165, 1.54) is 0 Å². The van der Waals surface area contributed by atoms with E-state index in [1.54, 1.807) is 0 Å². The fourth-order valence-electron chi connectivity index (χ4n) is 0.679. The molecular weight excluding hydrogens is 114 g/mol. The van der Waals surface area contributed by atoms with E-state index in [9.17, 15) is 4.79 Å². The van der Waals surface area contributed by atoms with Crippen LogP contribution in [0.2, 0.25) is 0 Å². The first-order valence-electron chi connectivity index (χ1n) is 3.46. The molecule has 0 aliphatic carbocycles. The molecule has 0 aliphatic heterocycles. The van der Waals surface area contributed by atoms with Crippen molar-refractivity contribution in [3.63, 3.8) is 0 Å². The number of unbranched alkanes of at least 4 members (excludes halogenated alkanes) is 1. The van der Waals surface area contributed by atoms with Gasteiger partial charge in [0.25, 0.3) is 0 Å². The van der Waals surface area contributed by atoms with E-state index < -0.39 is 0 Å². The Morgan fingerprint density at radius 1 is 1.56 bits per heavy atom. The third-order valence-corrected chi connectivity index (χ3v) is 1.35. The second kappa shape index (κ2) is 5.76. The van der Waals surface area contributed by atoms with Crippen LogP contribution in [-0.4, -0.2) is 12.8 Å². The van der Waals surface area contributed by atoms with Crippen molar-refractivity contribution in [3.8, 4) is 0 Å². The fourth-order valence-corrected chi connectivity index (χ4v) is 0.679. The van der Waals surface area contributed by atoms with Crippen LogP contribution in [-0.2, 0) is 4.79 Å². The number of nitrogens with two attached hydrogens (primary N) is 1. The van der Waals surface area contributed by atoms with Gasteiger partial charge in [-0.3, -0.25) is 0 Å². The Labute approximate surface area is 56.4 Å². The predicted octanol–water partition coefficient (Wildman–Crippen LogP) is 0.950. The van der Waals surface area contributed by atoms with Crippen molar-refractivity contribution in [2.75, 3.05) is 6.54 Å². The van der Waals surface area contributed by atoms with Gasteiger partial charge < -0.3 is 10.5 Å². The van der Waals surface area contributed by atoms with Crippen molar-refractivity contribution in [1.29, 1.82) is 0 Å². The van der Waals surface area contributed by atoms with Crippen LogP contribution in [0.4, 0.5) is 0 Å². The lowest BCUT2D eigenvalue weighted by atomic mass is 10.1. The van der Waals surface area contributed by atoms with Crippen LogP contribution in [0.15, 0.2) is 0 Å². The number of hydrogen-bond donors (Lipinski definition) is 1. The molecule has 2 nitrogen and oxygen atoms in total. The first kappa shape index (κ1) is 8.63. The van der Waals surface area contributed by atoms with Crippen LogP contribution in [0.3, 0.4) is 0 Å². The molecule has 0 spiro atoms. The number of carbonyl (C=O) groups is 1. The Morgan fingerprint density at radius 3 is 2.67 bits per heavy atom.